The van der Waals surface area contributed by atoms with Gasteiger partial charge in [0, 0.05) is 47.2 Å². The normalized spacial score (nSPS) is 16.0. The second-order valence-corrected chi connectivity index (χ2v) is 6.59. The van der Waals surface area contributed by atoms with Crippen LogP contribution in [0, 0.1) is 0 Å². The van der Waals surface area contributed by atoms with Crippen molar-refractivity contribution in [3.8, 4) is 0 Å². The molecule has 25 heavy (non-hydrogen) atoms. The summed E-state index contributed by atoms with van der Waals surface area (Å²) < 4.78 is 0. The first-order chi connectivity index (χ1) is 12.3. The van der Waals surface area contributed by atoms with E-state index in [9.17, 15) is 5.11 Å². The van der Waals surface area contributed by atoms with Crippen molar-refractivity contribution in [3.05, 3.63) is 66.5 Å². The highest BCUT2D eigenvalue weighted by atomic mass is 32.1. The van der Waals surface area contributed by atoms with Crippen molar-refractivity contribution < 1.29 is 5.11 Å². The fraction of sp³-hybridized carbons (Fsp3) is 0.200. The number of anilines is 2. The number of nitrogens with one attached hydrogen (secondary N) is 1. The van der Waals surface area contributed by atoms with Gasteiger partial charge >= 0.3 is 0 Å². The number of benzene rings is 2. The minimum atomic E-state index is 0.151. The quantitative estimate of drug-likeness (QED) is 0.706. The van der Waals surface area contributed by atoms with Gasteiger partial charge in [-0.15, -0.1) is 0 Å². The van der Waals surface area contributed by atoms with Crippen LogP contribution in [0.2, 0.25) is 0 Å². The smallest absolute Gasteiger partial charge is 0.178 e. The molecule has 4 nitrogen and oxygen atoms in total. The van der Waals surface area contributed by atoms with E-state index in [1.165, 1.54) is 5.56 Å². The number of aromatic nitrogens is 1. The van der Waals surface area contributed by atoms with Crippen molar-refractivity contribution in [1.82, 2.24) is 4.98 Å². The first kappa shape index (κ1) is 16.0. The fourth-order valence-corrected chi connectivity index (χ4v) is 3.88. The largest absolute Gasteiger partial charge is 0.396 e. The van der Waals surface area contributed by atoms with E-state index in [-0.39, 0.29) is 12.6 Å². The van der Waals surface area contributed by atoms with Crippen molar-refractivity contribution >= 4 is 39.5 Å². The summed E-state index contributed by atoms with van der Waals surface area (Å²) in [6, 6.07) is 16.5. The van der Waals surface area contributed by atoms with E-state index >= 15 is 0 Å². The van der Waals surface area contributed by atoms with Crippen LogP contribution in [0.5, 0.6) is 0 Å². The van der Waals surface area contributed by atoms with Gasteiger partial charge in [-0.25, -0.2) is 0 Å². The average Bonchev–Trinajstić information content (AvgIpc) is 3.00. The van der Waals surface area contributed by atoms with Crippen molar-refractivity contribution in [2.24, 2.45) is 0 Å². The van der Waals surface area contributed by atoms with E-state index in [0.29, 0.717) is 11.5 Å². The number of aliphatic hydroxyl groups excluding tert-OH is 1. The Kier molecular flexibility index (Phi) is 4.34. The maximum atomic E-state index is 9.44. The predicted octanol–water partition coefficient (Wildman–Crippen LogP) is 3.75. The van der Waals surface area contributed by atoms with E-state index < -0.39 is 0 Å². The van der Waals surface area contributed by atoms with Crippen molar-refractivity contribution in [2.75, 3.05) is 16.8 Å². The van der Waals surface area contributed by atoms with Gasteiger partial charge < -0.3 is 15.3 Å². The molecule has 5 heteroatoms. The number of pyridine rings is 1. The molecule has 2 aromatic carbocycles. The maximum Gasteiger partial charge on any atom is 0.178 e. The molecule has 0 fully saturated rings. The minimum Gasteiger partial charge on any atom is -0.396 e. The van der Waals surface area contributed by atoms with Crippen LogP contribution < -0.4 is 10.2 Å². The number of hydrogen-bond donors (Lipinski definition) is 2. The van der Waals surface area contributed by atoms with Crippen molar-refractivity contribution in [3.63, 3.8) is 0 Å². The van der Waals surface area contributed by atoms with Crippen LogP contribution >= 0.6 is 12.2 Å². The molecule has 1 aliphatic rings. The van der Waals surface area contributed by atoms with Crippen LogP contribution in [0.1, 0.15) is 12.0 Å². The fourth-order valence-electron chi connectivity index (χ4n) is 3.52. The molecule has 2 heterocycles. The number of nitrogens with zero attached hydrogens (tertiary/aromatic N) is 2. The molecule has 1 atom stereocenters. The molecular weight excluding hydrogens is 330 g/mol. The molecule has 3 aromatic rings. The molecule has 0 aliphatic carbocycles. The molecule has 0 spiro atoms. The minimum absolute atomic E-state index is 0.151. The second-order valence-electron chi connectivity index (χ2n) is 6.20. The van der Waals surface area contributed by atoms with Crippen LogP contribution in [0.25, 0.3) is 10.8 Å². The monoisotopic (exact) mass is 349 g/mol. The zero-order valence-electron chi connectivity index (χ0n) is 13.7. The molecule has 1 aromatic heterocycles. The van der Waals surface area contributed by atoms with Gasteiger partial charge in [0.05, 0.1) is 0 Å². The highest BCUT2D eigenvalue weighted by Crippen LogP contribution is 2.34. The molecule has 4 rings (SSSR count). The lowest BCUT2D eigenvalue weighted by atomic mass is 10.1. The van der Waals surface area contributed by atoms with Crippen molar-refractivity contribution in [1.29, 1.82) is 0 Å². The van der Waals surface area contributed by atoms with E-state index in [2.05, 4.69) is 27.3 Å². The first-order valence-corrected chi connectivity index (χ1v) is 8.80. The molecule has 2 N–H and O–H groups in total. The van der Waals surface area contributed by atoms with E-state index in [1.807, 2.05) is 42.6 Å². The third kappa shape index (κ3) is 2.97. The van der Waals surface area contributed by atoms with Crippen LogP contribution in [0.4, 0.5) is 11.4 Å². The van der Waals surface area contributed by atoms with Crippen LogP contribution in [-0.2, 0) is 6.42 Å². The number of para-hydroxylation sites is 1. The molecule has 0 amide bonds. The summed E-state index contributed by atoms with van der Waals surface area (Å²) in [5.41, 5.74) is 3.37. The summed E-state index contributed by atoms with van der Waals surface area (Å²) in [6.07, 6.45) is 5.23. The van der Waals surface area contributed by atoms with Gasteiger partial charge in [0.15, 0.2) is 5.11 Å². The molecule has 0 radical (unpaired) electrons. The van der Waals surface area contributed by atoms with E-state index in [4.69, 9.17) is 12.2 Å². The van der Waals surface area contributed by atoms with Crippen LogP contribution in [-0.4, -0.2) is 27.9 Å². The lowest BCUT2D eigenvalue weighted by molar-refractivity contribution is 0.277. The Labute approximate surface area is 152 Å². The number of thiocarbonyl (C=S) groups is 1. The standard InChI is InChI=1S/C20H19N3OS/c24-11-9-16-12-14-4-1-2-7-19(14)23(16)20(25)22-18-6-3-5-15-13-21-10-8-17(15)18/h1-8,10,13,16,24H,9,11-12H2,(H,22,25). The Morgan fingerprint density at radius 3 is 2.96 bits per heavy atom. The van der Waals surface area contributed by atoms with Crippen molar-refractivity contribution in [2.45, 2.75) is 18.9 Å². The molecule has 126 valence electrons. The zero-order chi connectivity index (χ0) is 17.2. The predicted molar refractivity (Wildman–Crippen MR) is 106 cm³/mol. The maximum absolute atomic E-state index is 9.44. The van der Waals surface area contributed by atoms with Crippen LogP contribution in [0.3, 0.4) is 0 Å². The summed E-state index contributed by atoms with van der Waals surface area (Å²) in [7, 11) is 0. The molecular formula is C20H19N3OS. The van der Waals surface area contributed by atoms with Gasteiger partial charge in [0.1, 0.15) is 0 Å². The highest BCUT2D eigenvalue weighted by molar-refractivity contribution is 7.80. The summed E-state index contributed by atoms with van der Waals surface area (Å²) in [4.78, 5) is 6.32. The Morgan fingerprint density at radius 2 is 2.08 bits per heavy atom. The van der Waals surface area contributed by atoms with Gasteiger partial charge in [-0.05, 0) is 48.8 Å². The highest BCUT2D eigenvalue weighted by Gasteiger charge is 2.31. The number of fused-ring (bicyclic) bond motifs is 2. The third-order valence-corrected chi connectivity index (χ3v) is 4.97. The molecule has 0 saturated carbocycles. The van der Waals surface area contributed by atoms with E-state index in [0.717, 1.165) is 28.6 Å². The molecule has 1 aliphatic heterocycles. The van der Waals surface area contributed by atoms with Gasteiger partial charge in [-0.3, -0.25) is 4.98 Å². The average molecular weight is 349 g/mol. The Balaban J connectivity index is 1.67. The summed E-state index contributed by atoms with van der Waals surface area (Å²) in [6.45, 7) is 0.151. The SMILES string of the molecule is OCCC1Cc2ccccc2N1C(=S)Nc1cccc2cnccc12. The second kappa shape index (κ2) is 6.78. The number of rotatable bonds is 3. The Morgan fingerprint density at radius 1 is 1.20 bits per heavy atom. The summed E-state index contributed by atoms with van der Waals surface area (Å²) in [5, 5.41) is 15.7. The summed E-state index contributed by atoms with van der Waals surface area (Å²) in [5.74, 6) is 0. The zero-order valence-corrected chi connectivity index (χ0v) is 14.5. The number of hydrogen-bond acceptors (Lipinski definition) is 3. The van der Waals surface area contributed by atoms with Gasteiger partial charge in [-0.2, -0.15) is 0 Å². The van der Waals surface area contributed by atoms with Gasteiger partial charge in [-0.1, -0.05) is 30.3 Å². The number of aliphatic hydroxyl groups is 1. The van der Waals surface area contributed by atoms with Gasteiger partial charge in [0.25, 0.3) is 0 Å². The lowest BCUT2D eigenvalue weighted by Gasteiger charge is -2.28. The Bertz CT molecular complexity index is 922. The van der Waals surface area contributed by atoms with E-state index in [1.54, 1.807) is 6.20 Å². The molecule has 0 saturated heterocycles. The lowest BCUT2D eigenvalue weighted by Crippen LogP contribution is -2.41. The van der Waals surface area contributed by atoms with Gasteiger partial charge in [0.2, 0.25) is 0 Å². The van der Waals surface area contributed by atoms with Crippen LogP contribution in [0.15, 0.2) is 60.9 Å². The Hall–Kier alpha value is -2.50. The topological polar surface area (TPSA) is 48.4 Å². The summed E-state index contributed by atoms with van der Waals surface area (Å²) >= 11 is 5.74. The molecule has 1 unspecified atom stereocenters. The first-order valence-electron chi connectivity index (χ1n) is 8.39. The third-order valence-electron chi connectivity index (χ3n) is 4.68. The molecule has 0 bridgehead atoms.